The molecule has 1 aromatic heterocycles. The molecule has 1 unspecified atom stereocenters. The number of rotatable bonds is 6. The van der Waals surface area contributed by atoms with Gasteiger partial charge in [-0.1, -0.05) is 17.3 Å². The van der Waals surface area contributed by atoms with Crippen LogP contribution in [0.5, 0.6) is 0 Å². The minimum absolute atomic E-state index is 0.0708. The molecule has 25 heavy (non-hydrogen) atoms. The molecule has 2 heterocycles. The zero-order chi connectivity index (χ0) is 17.6. The van der Waals surface area contributed by atoms with E-state index in [4.69, 9.17) is 5.73 Å². The number of hydrogen-bond donors (Lipinski definition) is 2. The van der Waals surface area contributed by atoms with Crippen LogP contribution in [0.15, 0.2) is 30.5 Å². The number of thioether (sulfide) groups is 1. The maximum atomic E-state index is 12.5. The summed E-state index contributed by atoms with van der Waals surface area (Å²) < 4.78 is 1.82. The number of nitrogens with one attached hydrogen (secondary N) is 1. The van der Waals surface area contributed by atoms with Crippen LogP contribution in [0.25, 0.3) is 0 Å². The number of likely N-dealkylation sites (tertiary alicyclic amines) is 1. The van der Waals surface area contributed by atoms with Crippen LogP contribution in [0.3, 0.4) is 0 Å². The van der Waals surface area contributed by atoms with Crippen molar-refractivity contribution >= 4 is 23.5 Å². The van der Waals surface area contributed by atoms with Crippen LogP contribution in [-0.4, -0.2) is 51.0 Å². The second-order valence-electron chi connectivity index (χ2n) is 6.15. The maximum absolute atomic E-state index is 12.5. The normalized spacial score (nSPS) is 17.0. The van der Waals surface area contributed by atoms with E-state index >= 15 is 0 Å². The van der Waals surface area contributed by atoms with Gasteiger partial charge in [0.15, 0.2) is 0 Å². The molecule has 7 nitrogen and oxygen atoms in total. The molecule has 8 heteroatoms. The van der Waals surface area contributed by atoms with Gasteiger partial charge in [0.25, 0.3) is 0 Å². The van der Waals surface area contributed by atoms with Crippen LogP contribution >= 0.6 is 11.8 Å². The van der Waals surface area contributed by atoms with Gasteiger partial charge in [0.1, 0.15) is 0 Å². The predicted molar refractivity (Wildman–Crippen MR) is 101 cm³/mol. The molecule has 2 amide bonds. The van der Waals surface area contributed by atoms with Crippen LogP contribution in [-0.2, 0) is 13.0 Å². The van der Waals surface area contributed by atoms with E-state index in [9.17, 15) is 4.79 Å². The Morgan fingerprint density at radius 2 is 2.20 bits per heavy atom. The molecule has 0 spiro atoms. The van der Waals surface area contributed by atoms with Crippen LogP contribution in [0.2, 0.25) is 0 Å². The Balaban J connectivity index is 1.53. The molecule has 1 aromatic carbocycles. The minimum Gasteiger partial charge on any atom is -0.325 e. The first kappa shape index (κ1) is 17.8. The van der Waals surface area contributed by atoms with E-state index in [1.165, 1.54) is 5.56 Å². The van der Waals surface area contributed by atoms with E-state index in [1.807, 2.05) is 39.7 Å². The molecule has 1 aliphatic heterocycles. The highest BCUT2D eigenvalue weighted by atomic mass is 32.2. The number of aryl methyl sites for hydroxylation is 1. The first-order chi connectivity index (χ1) is 12.2. The Hall–Kier alpha value is -2.06. The van der Waals surface area contributed by atoms with Gasteiger partial charge in [-0.2, -0.15) is 11.8 Å². The van der Waals surface area contributed by atoms with Crippen molar-refractivity contribution in [1.82, 2.24) is 19.9 Å². The van der Waals surface area contributed by atoms with Crippen molar-refractivity contribution in [3.8, 4) is 0 Å². The minimum atomic E-state index is -0.0708. The van der Waals surface area contributed by atoms with Crippen molar-refractivity contribution in [3.05, 3.63) is 41.7 Å². The number of hydrogen-bond acceptors (Lipinski definition) is 5. The lowest BCUT2D eigenvalue weighted by Gasteiger charge is -2.17. The molecule has 3 N–H and O–H groups in total. The van der Waals surface area contributed by atoms with Crippen molar-refractivity contribution in [2.75, 3.05) is 30.4 Å². The number of carbonyl (C=O) groups excluding carboxylic acids is 1. The monoisotopic (exact) mass is 360 g/mol. The zero-order valence-corrected chi connectivity index (χ0v) is 15.2. The smallest absolute Gasteiger partial charge is 0.321 e. The van der Waals surface area contributed by atoms with Crippen LogP contribution < -0.4 is 11.1 Å². The van der Waals surface area contributed by atoms with E-state index in [2.05, 4.69) is 34.0 Å². The number of anilines is 1. The highest BCUT2D eigenvalue weighted by Gasteiger charge is 2.28. The topological polar surface area (TPSA) is 89.1 Å². The number of amides is 2. The van der Waals surface area contributed by atoms with E-state index in [-0.39, 0.29) is 12.1 Å². The highest BCUT2D eigenvalue weighted by molar-refractivity contribution is 7.98. The van der Waals surface area contributed by atoms with Crippen LogP contribution in [0.4, 0.5) is 10.5 Å². The van der Waals surface area contributed by atoms with Crippen molar-refractivity contribution in [2.45, 2.75) is 25.4 Å². The molecule has 0 saturated carbocycles. The molecule has 134 valence electrons. The number of carbonyl (C=O) groups is 1. The third-order valence-electron chi connectivity index (χ3n) is 4.39. The number of urea groups is 1. The number of aromatic nitrogens is 3. The summed E-state index contributed by atoms with van der Waals surface area (Å²) in [5.41, 5.74) is 8.45. The average Bonchev–Trinajstić information content (AvgIpc) is 3.30. The first-order valence-corrected chi connectivity index (χ1v) is 9.83. The molecule has 1 saturated heterocycles. The number of benzene rings is 1. The van der Waals surface area contributed by atoms with E-state index in [1.54, 1.807) is 0 Å². The summed E-state index contributed by atoms with van der Waals surface area (Å²) >= 11 is 1.83. The van der Waals surface area contributed by atoms with Crippen molar-refractivity contribution in [2.24, 2.45) is 5.73 Å². The number of nitrogens with two attached hydrogens (primary N) is 1. The van der Waals surface area contributed by atoms with Crippen LogP contribution in [0.1, 0.15) is 23.7 Å². The summed E-state index contributed by atoms with van der Waals surface area (Å²) in [5.74, 6) is 1.11. The van der Waals surface area contributed by atoms with Crippen molar-refractivity contribution < 1.29 is 4.79 Å². The summed E-state index contributed by atoms with van der Waals surface area (Å²) in [4.78, 5) is 14.3. The SMILES string of the molecule is CSCCc1ccc(NC(=O)N2CCC(n3cc(CN)nn3)C2)cc1. The van der Waals surface area contributed by atoms with Crippen molar-refractivity contribution in [1.29, 1.82) is 0 Å². The summed E-state index contributed by atoms with van der Waals surface area (Å²) in [5, 5.41) is 11.1. The van der Waals surface area contributed by atoms with Gasteiger partial charge in [-0.3, -0.25) is 0 Å². The molecule has 2 aromatic rings. The summed E-state index contributed by atoms with van der Waals surface area (Å²) in [6.45, 7) is 1.72. The Bertz CT molecular complexity index is 701. The second-order valence-corrected chi connectivity index (χ2v) is 7.14. The number of nitrogens with zero attached hydrogens (tertiary/aromatic N) is 4. The molecule has 0 bridgehead atoms. The van der Waals surface area contributed by atoms with Gasteiger partial charge in [0.05, 0.1) is 17.9 Å². The van der Waals surface area contributed by atoms with E-state index < -0.39 is 0 Å². The van der Waals surface area contributed by atoms with Crippen LogP contribution in [0, 0.1) is 0 Å². The fourth-order valence-corrected chi connectivity index (χ4v) is 3.34. The Morgan fingerprint density at radius 3 is 2.88 bits per heavy atom. The maximum Gasteiger partial charge on any atom is 0.321 e. The molecule has 1 atom stereocenters. The van der Waals surface area contributed by atoms with Gasteiger partial charge in [-0.05, 0) is 42.5 Å². The third kappa shape index (κ3) is 4.52. The van der Waals surface area contributed by atoms with E-state index in [0.29, 0.717) is 19.6 Å². The van der Waals surface area contributed by atoms with Gasteiger partial charge >= 0.3 is 6.03 Å². The fraction of sp³-hybridized carbons (Fsp3) is 0.471. The highest BCUT2D eigenvalue weighted by Crippen LogP contribution is 2.22. The van der Waals surface area contributed by atoms with Gasteiger partial charge in [-0.15, -0.1) is 5.10 Å². The van der Waals surface area contributed by atoms with Gasteiger partial charge < -0.3 is 16.0 Å². The third-order valence-corrected chi connectivity index (χ3v) is 5.00. The second kappa shape index (κ2) is 8.35. The lowest BCUT2D eigenvalue weighted by Crippen LogP contribution is -2.33. The average molecular weight is 360 g/mol. The standard InChI is InChI=1S/C17H24N6OS/c1-25-9-7-13-2-4-14(5-3-13)19-17(24)22-8-6-16(12-22)23-11-15(10-18)20-21-23/h2-5,11,16H,6-10,12,18H2,1H3,(H,19,24). The summed E-state index contributed by atoms with van der Waals surface area (Å²) in [6, 6.07) is 8.16. The van der Waals surface area contributed by atoms with Gasteiger partial charge in [0, 0.05) is 25.3 Å². The zero-order valence-electron chi connectivity index (χ0n) is 14.4. The van der Waals surface area contributed by atoms with Gasteiger partial charge in [0.2, 0.25) is 0 Å². The first-order valence-electron chi connectivity index (χ1n) is 8.44. The lowest BCUT2D eigenvalue weighted by molar-refractivity contribution is 0.220. The largest absolute Gasteiger partial charge is 0.325 e. The molecular weight excluding hydrogens is 336 g/mol. The quantitative estimate of drug-likeness (QED) is 0.824. The van der Waals surface area contributed by atoms with E-state index in [0.717, 1.165) is 30.0 Å². The summed E-state index contributed by atoms with van der Waals surface area (Å²) in [6.07, 6.45) is 5.88. The molecule has 0 aliphatic carbocycles. The lowest BCUT2D eigenvalue weighted by atomic mass is 10.1. The molecule has 1 aliphatic rings. The van der Waals surface area contributed by atoms with Crippen molar-refractivity contribution in [3.63, 3.8) is 0 Å². The fourth-order valence-electron chi connectivity index (χ4n) is 2.90. The molecule has 1 fully saturated rings. The predicted octanol–water partition coefficient (Wildman–Crippen LogP) is 2.12. The summed E-state index contributed by atoms with van der Waals surface area (Å²) in [7, 11) is 0. The Morgan fingerprint density at radius 1 is 1.40 bits per heavy atom. The molecule has 3 rings (SSSR count). The Labute approximate surface area is 151 Å². The Kier molecular flexibility index (Phi) is 5.93. The molecular formula is C17H24N6OS. The van der Waals surface area contributed by atoms with Gasteiger partial charge in [-0.25, -0.2) is 9.48 Å². The molecule has 0 radical (unpaired) electrons.